The Balaban J connectivity index is 4.05. The van der Waals surface area contributed by atoms with Crippen LogP contribution in [0.15, 0.2) is 0 Å². The van der Waals surface area contributed by atoms with Gasteiger partial charge in [-0.05, 0) is 25.2 Å². The monoisotopic (exact) mass is 172 g/mol. The first-order valence-corrected chi connectivity index (χ1v) is 4.60. The molecule has 72 valence electrons. The van der Waals surface area contributed by atoms with Gasteiger partial charge in [-0.1, -0.05) is 20.8 Å². The third kappa shape index (κ3) is 3.86. The molecule has 2 nitrogen and oxygen atoms in total. The molecule has 2 unspecified atom stereocenters. The Bertz CT molecular complexity index is 141. The van der Waals surface area contributed by atoms with Crippen LogP contribution in [0.3, 0.4) is 0 Å². The molecule has 0 rings (SSSR count). The largest absolute Gasteiger partial charge is 0.396 e. The van der Waals surface area contributed by atoms with Crippen LogP contribution in [0.1, 0.15) is 34.1 Å². The predicted octanol–water partition coefficient (Wildman–Crippen LogP) is 1.87. The van der Waals surface area contributed by atoms with Crippen molar-refractivity contribution in [3.63, 3.8) is 0 Å². The summed E-state index contributed by atoms with van der Waals surface area (Å²) in [6.07, 6.45) is 0.809. The molecular formula is C10H20O2. The molecule has 0 aliphatic rings. The Morgan fingerprint density at radius 2 is 1.83 bits per heavy atom. The van der Waals surface area contributed by atoms with Crippen LogP contribution >= 0.6 is 0 Å². The van der Waals surface area contributed by atoms with Gasteiger partial charge in [0.25, 0.3) is 0 Å². The summed E-state index contributed by atoms with van der Waals surface area (Å²) in [5.74, 6) is 0.982. The minimum absolute atomic E-state index is 0.118. The molecule has 0 aliphatic heterocycles. The molecule has 0 heterocycles. The van der Waals surface area contributed by atoms with Crippen LogP contribution in [0.25, 0.3) is 0 Å². The van der Waals surface area contributed by atoms with Gasteiger partial charge < -0.3 is 5.11 Å². The summed E-state index contributed by atoms with van der Waals surface area (Å²) in [5, 5.41) is 8.84. The van der Waals surface area contributed by atoms with E-state index in [0.29, 0.717) is 5.92 Å². The number of ketones is 1. The Morgan fingerprint density at radius 3 is 2.08 bits per heavy atom. The first kappa shape index (κ1) is 11.6. The molecule has 0 spiro atoms. The zero-order chi connectivity index (χ0) is 9.72. The van der Waals surface area contributed by atoms with Gasteiger partial charge >= 0.3 is 0 Å². The zero-order valence-corrected chi connectivity index (χ0v) is 8.50. The fourth-order valence-electron chi connectivity index (χ4n) is 1.42. The van der Waals surface area contributed by atoms with Crippen LogP contribution in [-0.4, -0.2) is 17.5 Å². The van der Waals surface area contributed by atoms with Crippen molar-refractivity contribution in [3.05, 3.63) is 0 Å². The van der Waals surface area contributed by atoms with E-state index in [9.17, 15) is 4.79 Å². The second kappa shape index (κ2) is 5.31. The summed E-state index contributed by atoms with van der Waals surface area (Å²) in [4.78, 5) is 11.2. The lowest BCUT2D eigenvalue weighted by Crippen LogP contribution is -2.21. The summed E-state index contributed by atoms with van der Waals surface area (Å²) < 4.78 is 0. The van der Waals surface area contributed by atoms with Crippen molar-refractivity contribution >= 4 is 5.78 Å². The van der Waals surface area contributed by atoms with Gasteiger partial charge in [0.05, 0.1) is 0 Å². The van der Waals surface area contributed by atoms with E-state index in [4.69, 9.17) is 5.11 Å². The molecular weight excluding hydrogens is 152 g/mol. The highest BCUT2D eigenvalue weighted by Gasteiger charge is 2.20. The van der Waals surface area contributed by atoms with E-state index < -0.39 is 0 Å². The Labute approximate surface area is 75.0 Å². The number of Topliss-reactive ketones (excluding diaryl/α,β-unsaturated/α-hetero) is 1. The van der Waals surface area contributed by atoms with Crippen LogP contribution in [0.2, 0.25) is 0 Å². The maximum absolute atomic E-state index is 11.2. The number of carbonyl (C=O) groups excluding carboxylic acids is 1. The average molecular weight is 172 g/mol. The molecule has 0 aromatic heterocycles. The predicted molar refractivity (Wildman–Crippen MR) is 49.9 cm³/mol. The topological polar surface area (TPSA) is 37.3 Å². The maximum atomic E-state index is 11.2. The average Bonchev–Trinajstić information content (AvgIpc) is 1.98. The molecule has 0 aliphatic carbocycles. The van der Waals surface area contributed by atoms with Crippen molar-refractivity contribution < 1.29 is 9.90 Å². The summed E-state index contributed by atoms with van der Waals surface area (Å²) >= 11 is 0. The second-order valence-corrected chi connectivity index (χ2v) is 3.98. The minimum Gasteiger partial charge on any atom is -0.396 e. The fourth-order valence-corrected chi connectivity index (χ4v) is 1.42. The van der Waals surface area contributed by atoms with Gasteiger partial charge in [0.2, 0.25) is 0 Å². The molecule has 0 amide bonds. The zero-order valence-electron chi connectivity index (χ0n) is 8.50. The standard InChI is InChI=1S/C10H20O2/c1-7(2)10(9(4)12)5-8(3)6-11/h7-8,10-11H,5-6H2,1-4H3. The van der Waals surface area contributed by atoms with Crippen molar-refractivity contribution in [2.24, 2.45) is 17.8 Å². The molecule has 0 aromatic rings. The lowest BCUT2D eigenvalue weighted by Gasteiger charge is -2.20. The van der Waals surface area contributed by atoms with Crippen LogP contribution in [0.4, 0.5) is 0 Å². The lowest BCUT2D eigenvalue weighted by molar-refractivity contribution is -0.122. The van der Waals surface area contributed by atoms with Gasteiger partial charge in [0, 0.05) is 12.5 Å². The number of aliphatic hydroxyl groups is 1. The van der Waals surface area contributed by atoms with Gasteiger partial charge in [-0.3, -0.25) is 4.79 Å². The summed E-state index contributed by atoms with van der Waals surface area (Å²) in [6, 6.07) is 0. The molecule has 2 heteroatoms. The first-order valence-electron chi connectivity index (χ1n) is 4.60. The van der Waals surface area contributed by atoms with Gasteiger partial charge in [-0.2, -0.15) is 0 Å². The smallest absolute Gasteiger partial charge is 0.133 e. The number of aliphatic hydroxyl groups excluding tert-OH is 1. The molecule has 0 saturated heterocycles. The van der Waals surface area contributed by atoms with E-state index in [0.717, 1.165) is 6.42 Å². The molecule has 0 saturated carbocycles. The van der Waals surface area contributed by atoms with E-state index >= 15 is 0 Å². The normalized spacial score (nSPS) is 16.2. The molecule has 0 fully saturated rings. The van der Waals surface area contributed by atoms with Crippen LogP contribution in [0.5, 0.6) is 0 Å². The Kier molecular flexibility index (Phi) is 5.14. The highest BCUT2D eigenvalue weighted by molar-refractivity contribution is 5.78. The van der Waals surface area contributed by atoms with E-state index in [-0.39, 0.29) is 24.2 Å². The van der Waals surface area contributed by atoms with Crippen LogP contribution in [-0.2, 0) is 4.79 Å². The molecule has 2 atom stereocenters. The number of rotatable bonds is 5. The van der Waals surface area contributed by atoms with E-state index in [1.807, 2.05) is 6.92 Å². The molecule has 12 heavy (non-hydrogen) atoms. The van der Waals surface area contributed by atoms with Gasteiger partial charge in [0.1, 0.15) is 5.78 Å². The van der Waals surface area contributed by atoms with Crippen molar-refractivity contribution in [2.45, 2.75) is 34.1 Å². The maximum Gasteiger partial charge on any atom is 0.133 e. The van der Waals surface area contributed by atoms with Crippen molar-refractivity contribution in [1.29, 1.82) is 0 Å². The molecule has 0 radical (unpaired) electrons. The minimum atomic E-state index is 0.118. The lowest BCUT2D eigenvalue weighted by atomic mass is 9.85. The highest BCUT2D eigenvalue weighted by atomic mass is 16.3. The number of hydrogen-bond donors (Lipinski definition) is 1. The van der Waals surface area contributed by atoms with Crippen LogP contribution in [0, 0.1) is 17.8 Å². The van der Waals surface area contributed by atoms with Crippen LogP contribution < -0.4 is 0 Å². The van der Waals surface area contributed by atoms with Crippen molar-refractivity contribution in [2.75, 3.05) is 6.61 Å². The van der Waals surface area contributed by atoms with Crippen molar-refractivity contribution in [3.8, 4) is 0 Å². The number of hydrogen-bond acceptors (Lipinski definition) is 2. The molecule has 1 N–H and O–H groups in total. The van der Waals surface area contributed by atoms with Gasteiger partial charge in [0.15, 0.2) is 0 Å². The SMILES string of the molecule is CC(=O)C(CC(C)CO)C(C)C. The molecule has 0 aromatic carbocycles. The quantitative estimate of drug-likeness (QED) is 0.687. The van der Waals surface area contributed by atoms with E-state index in [1.54, 1.807) is 6.92 Å². The molecule has 0 bridgehead atoms. The van der Waals surface area contributed by atoms with E-state index in [1.165, 1.54) is 0 Å². The number of carbonyl (C=O) groups is 1. The second-order valence-electron chi connectivity index (χ2n) is 3.98. The summed E-state index contributed by atoms with van der Waals surface area (Å²) in [7, 11) is 0. The summed E-state index contributed by atoms with van der Waals surface area (Å²) in [6.45, 7) is 7.88. The highest BCUT2D eigenvalue weighted by Crippen LogP contribution is 2.20. The fraction of sp³-hybridized carbons (Fsp3) is 0.900. The third-order valence-electron chi connectivity index (χ3n) is 2.29. The van der Waals surface area contributed by atoms with Crippen molar-refractivity contribution in [1.82, 2.24) is 0 Å². The summed E-state index contributed by atoms with van der Waals surface area (Å²) in [5.41, 5.74) is 0. The van der Waals surface area contributed by atoms with E-state index in [2.05, 4.69) is 13.8 Å². The van der Waals surface area contributed by atoms with Gasteiger partial charge in [-0.15, -0.1) is 0 Å². The van der Waals surface area contributed by atoms with Gasteiger partial charge in [-0.25, -0.2) is 0 Å². The Hall–Kier alpha value is -0.370. The third-order valence-corrected chi connectivity index (χ3v) is 2.29. The first-order chi connectivity index (χ1) is 5.49. The Morgan fingerprint density at radius 1 is 1.33 bits per heavy atom.